The number of nitrogens with one attached hydrogen (secondary N) is 1. The lowest BCUT2D eigenvalue weighted by Gasteiger charge is -2.28. The van der Waals surface area contributed by atoms with Crippen LogP contribution < -0.4 is 14.4 Å². The summed E-state index contributed by atoms with van der Waals surface area (Å²) in [6, 6.07) is 9.01. The van der Waals surface area contributed by atoms with E-state index >= 15 is 0 Å². The van der Waals surface area contributed by atoms with Gasteiger partial charge in [0.25, 0.3) is 10.0 Å². The maximum Gasteiger partial charge on any atom is 0.337 e. The average Bonchev–Trinajstić information content (AvgIpc) is 2.71. The number of amides is 1. The van der Waals surface area contributed by atoms with Crippen LogP contribution >= 0.6 is 0 Å². The molecule has 0 unspecified atom stereocenters. The molecule has 0 spiro atoms. The zero-order valence-electron chi connectivity index (χ0n) is 16.4. The first-order valence-electron chi connectivity index (χ1n) is 8.97. The fraction of sp³-hybridized carbons (Fsp3) is 0.300. The van der Waals surface area contributed by atoms with Gasteiger partial charge in [0, 0.05) is 19.2 Å². The number of fused-ring (bicyclic) bond motifs is 1. The standard InChI is InChI=1S/C20H22N2O6S/c1-13(23)22-10-4-5-14-11-16(7-8-18(14)22)29(25,26)21-17-12-15(20(24)28-3)6-9-19(17)27-2/h6-9,11-12,21H,4-5,10H2,1-3H3. The average molecular weight is 418 g/mol. The van der Waals surface area contributed by atoms with Crippen molar-refractivity contribution in [2.45, 2.75) is 24.7 Å². The van der Waals surface area contributed by atoms with Crippen LogP contribution in [0.5, 0.6) is 5.75 Å². The predicted molar refractivity (Wildman–Crippen MR) is 108 cm³/mol. The van der Waals surface area contributed by atoms with E-state index in [2.05, 4.69) is 9.46 Å². The Hall–Kier alpha value is -3.07. The summed E-state index contributed by atoms with van der Waals surface area (Å²) in [6.07, 6.45) is 1.45. The largest absolute Gasteiger partial charge is 0.495 e. The van der Waals surface area contributed by atoms with Gasteiger partial charge in [-0.3, -0.25) is 9.52 Å². The minimum atomic E-state index is -3.95. The maximum absolute atomic E-state index is 13.0. The molecule has 29 heavy (non-hydrogen) atoms. The second-order valence-electron chi connectivity index (χ2n) is 6.58. The minimum Gasteiger partial charge on any atom is -0.495 e. The number of rotatable bonds is 5. The lowest BCUT2D eigenvalue weighted by atomic mass is 10.0. The number of anilines is 2. The molecule has 0 saturated heterocycles. The van der Waals surface area contributed by atoms with Crippen LogP contribution in [0.3, 0.4) is 0 Å². The molecule has 2 aromatic rings. The molecule has 1 amide bonds. The summed E-state index contributed by atoms with van der Waals surface area (Å²) in [7, 11) is -1.31. The van der Waals surface area contributed by atoms with Gasteiger partial charge in [-0.1, -0.05) is 0 Å². The van der Waals surface area contributed by atoms with Crippen molar-refractivity contribution in [1.82, 2.24) is 0 Å². The van der Waals surface area contributed by atoms with Crippen LogP contribution in [0.4, 0.5) is 11.4 Å². The van der Waals surface area contributed by atoms with E-state index in [1.54, 1.807) is 17.0 Å². The molecule has 1 N–H and O–H groups in total. The Balaban J connectivity index is 1.96. The highest BCUT2D eigenvalue weighted by Crippen LogP contribution is 2.32. The zero-order chi connectivity index (χ0) is 21.2. The molecule has 0 radical (unpaired) electrons. The Morgan fingerprint density at radius 2 is 1.86 bits per heavy atom. The van der Waals surface area contributed by atoms with E-state index in [9.17, 15) is 18.0 Å². The molecule has 0 bridgehead atoms. The van der Waals surface area contributed by atoms with Gasteiger partial charge in [-0.05, 0) is 54.8 Å². The molecule has 3 rings (SSSR count). The summed E-state index contributed by atoms with van der Waals surface area (Å²) in [6.45, 7) is 2.10. The first-order valence-corrected chi connectivity index (χ1v) is 10.5. The van der Waals surface area contributed by atoms with Crippen LogP contribution in [0.2, 0.25) is 0 Å². The molecular formula is C20H22N2O6S. The highest BCUT2D eigenvalue weighted by Gasteiger charge is 2.24. The van der Waals surface area contributed by atoms with Gasteiger partial charge in [-0.25, -0.2) is 13.2 Å². The van der Waals surface area contributed by atoms with Crippen molar-refractivity contribution < 1.29 is 27.5 Å². The Kier molecular flexibility index (Phi) is 5.78. The Morgan fingerprint density at radius 3 is 2.52 bits per heavy atom. The molecule has 1 aliphatic rings. The van der Waals surface area contributed by atoms with Crippen LogP contribution in [0, 0.1) is 0 Å². The monoisotopic (exact) mass is 418 g/mol. The molecule has 154 valence electrons. The van der Waals surface area contributed by atoms with Crippen LogP contribution in [-0.4, -0.2) is 41.1 Å². The van der Waals surface area contributed by atoms with Gasteiger partial charge in [0.15, 0.2) is 0 Å². The molecular weight excluding hydrogens is 396 g/mol. The molecule has 0 atom stereocenters. The fourth-order valence-corrected chi connectivity index (χ4v) is 4.42. The first-order chi connectivity index (χ1) is 13.8. The number of nitrogens with zero attached hydrogens (tertiary/aromatic N) is 1. The van der Waals surface area contributed by atoms with Gasteiger partial charge in [0.2, 0.25) is 5.91 Å². The molecule has 0 aliphatic carbocycles. The summed E-state index contributed by atoms with van der Waals surface area (Å²) >= 11 is 0. The summed E-state index contributed by atoms with van der Waals surface area (Å²) in [5, 5.41) is 0. The second kappa shape index (κ2) is 8.12. The number of carbonyl (C=O) groups excluding carboxylic acids is 2. The van der Waals surface area contributed by atoms with E-state index in [1.807, 2.05) is 0 Å². The SMILES string of the molecule is COC(=O)c1ccc(OC)c(NS(=O)(=O)c2ccc3c(c2)CCCN3C(C)=O)c1. The highest BCUT2D eigenvalue weighted by atomic mass is 32.2. The van der Waals surface area contributed by atoms with Gasteiger partial charge in [-0.15, -0.1) is 0 Å². The molecule has 0 saturated carbocycles. The number of ether oxygens (including phenoxy) is 2. The highest BCUT2D eigenvalue weighted by molar-refractivity contribution is 7.92. The Bertz CT molecular complexity index is 1060. The number of benzene rings is 2. The fourth-order valence-electron chi connectivity index (χ4n) is 3.30. The van der Waals surface area contributed by atoms with Crippen LogP contribution in [0.15, 0.2) is 41.3 Å². The maximum atomic E-state index is 13.0. The number of sulfonamides is 1. The van der Waals surface area contributed by atoms with Crippen LogP contribution in [0.25, 0.3) is 0 Å². The number of carbonyl (C=O) groups is 2. The van der Waals surface area contributed by atoms with Gasteiger partial charge in [0.1, 0.15) is 5.75 Å². The zero-order valence-corrected chi connectivity index (χ0v) is 17.2. The lowest BCUT2D eigenvalue weighted by Crippen LogP contribution is -2.33. The van der Waals surface area contributed by atoms with Crippen molar-refractivity contribution in [2.24, 2.45) is 0 Å². The minimum absolute atomic E-state index is 0.0622. The predicted octanol–water partition coefficient (Wildman–Crippen LogP) is 2.58. The van der Waals surface area contributed by atoms with E-state index in [4.69, 9.17) is 4.74 Å². The normalized spacial score (nSPS) is 13.4. The number of methoxy groups -OCH3 is 2. The van der Waals surface area contributed by atoms with E-state index < -0.39 is 16.0 Å². The van der Waals surface area contributed by atoms with Crippen LogP contribution in [0.1, 0.15) is 29.3 Å². The van der Waals surface area contributed by atoms with Crippen molar-refractivity contribution in [3.8, 4) is 5.75 Å². The van der Waals surface area contributed by atoms with E-state index in [-0.39, 0.29) is 27.8 Å². The number of hydrogen-bond acceptors (Lipinski definition) is 6. The summed E-state index contributed by atoms with van der Waals surface area (Å²) < 4.78 is 38.3. The number of aryl methyl sites for hydroxylation is 1. The third kappa shape index (κ3) is 4.19. The molecule has 1 heterocycles. The third-order valence-corrected chi connectivity index (χ3v) is 6.09. The van der Waals surface area contributed by atoms with Crippen molar-refractivity contribution in [3.05, 3.63) is 47.5 Å². The Morgan fingerprint density at radius 1 is 1.10 bits per heavy atom. The van der Waals surface area contributed by atoms with Gasteiger partial charge < -0.3 is 14.4 Å². The van der Waals surface area contributed by atoms with Gasteiger partial charge >= 0.3 is 5.97 Å². The van der Waals surface area contributed by atoms with Crippen molar-refractivity contribution in [3.63, 3.8) is 0 Å². The van der Waals surface area contributed by atoms with Crippen LogP contribution in [-0.2, 0) is 26.0 Å². The molecule has 9 heteroatoms. The molecule has 8 nitrogen and oxygen atoms in total. The smallest absolute Gasteiger partial charge is 0.337 e. The lowest BCUT2D eigenvalue weighted by molar-refractivity contribution is -0.116. The van der Waals surface area contributed by atoms with Crippen molar-refractivity contribution in [1.29, 1.82) is 0 Å². The van der Waals surface area contributed by atoms with Gasteiger partial charge in [-0.2, -0.15) is 0 Å². The van der Waals surface area contributed by atoms with Crippen molar-refractivity contribution in [2.75, 3.05) is 30.4 Å². The molecule has 2 aromatic carbocycles. The number of esters is 1. The van der Waals surface area contributed by atoms with Crippen molar-refractivity contribution >= 4 is 33.3 Å². The van der Waals surface area contributed by atoms with E-state index in [1.165, 1.54) is 45.4 Å². The Labute approximate surface area is 169 Å². The van der Waals surface area contributed by atoms with Gasteiger partial charge in [0.05, 0.1) is 30.4 Å². The topological polar surface area (TPSA) is 102 Å². The summed E-state index contributed by atoms with van der Waals surface area (Å²) in [5.41, 5.74) is 1.84. The quantitative estimate of drug-likeness (QED) is 0.749. The molecule has 0 aromatic heterocycles. The number of hydrogen-bond donors (Lipinski definition) is 1. The van der Waals surface area contributed by atoms with E-state index in [0.29, 0.717) is 13.0 Å². The first kappa shape index (κ1) is 20.7. The van der Waals surface area contributed by atoms with E-state index in [0.717, 1.165) is 17.7 Å². The summed E-state index contributed by atoms with van der Waals surface area (Å²) in [4.78, 5) is 25.3. The molecule has 0 fully saturated rings. The molecule has 1 aliphatic heterocycles. The summed E-state index contributed by atoms with van der Waals surface area (Å²) in [5.74, 6) is -0.405. The third-order valence-electron chi connectivity index (χ3n) is 4.72. The second-order valence-corrected chi connectivity index (χ2v) is 8.26.